The molecule has 0 saturated carbocycles. The van der Waals surface area contributed by atoms with Crippen LogP contribution in [-0.2, 0) is 6.42 Å². The lowest BCUT2D eigenvalue weighted by Gasteiger charge is -2.09. The highest BCUT2D eigenvalue weighted by Gasteiger charge is 2.17. The Kier molecular flexibility index (Phi) is 5.41. The van der Waals surface area contributed by atoms with Crippen molar-refractivity contribution in [2.75, 3.05) is 10.6 Å². The predicted octanol–water partition coefficient (Wildman–Crippen LogP) is 5.67. The number of urea groups is 1. The van der Waals surface area contributed by atoms with Gasteiger partial charge in [0.1, 0.15) is 5.82 Å². The Morgan fingerprint density at radius 3 is 2.45 bits per heavy atom. The Morgan fingerprint density at radius 2 is 1.74 bits per heavy atom. The van der Waals surface area contributed by atoms with Gasteiger partial charge in [-0.15, -0.1) is 0 Å². The molecule has 0 bridgehead atoms. The molecular formula is C24H20FN3O3. The summed E-state index contributed by atoms with van der Waals surface area (Å²) < 4.78 is 15.6. The van der Waals surface area contributed by atoms with Crippen molar-refractivity contribution in [3.8, 4) is 5.69 Å². The second-order valence-corrected chi connectivity index (χ2v) is 7.03. The van der Waals surface area contributed by atoms with Crippen molar-refractivity contribution in [3.05, 3.63) is 89.9 Å². The van der Waals surface area contributed by atoms with Crippen molar-refractivity contribution in [1.29, 1.82) is 0 Å². The van der Waals surface area contributed by atoms with E-state index in [0.29, 0.717) is 28.0 Å². The molecule has 3 N–H and O–H groups in total. The number of anilines is 2. The van der Waals surface area contributed by atoms with Crippen molar-refractivity contribution in [2.45, 2.75) is 13.3 Å². The van der Waals surface area contributed by atoms with Gasteiger partial charge in [0.2, 0.25) is 0 Å². The highest BCUT2D eigenvalue weighted by Crippen LogP contribution is 2.31. The van der Waals surface area contributed by atoms with E-state index in [-0.39, 0.29) is 5.56 Å². The minimum absolute atomic E-state index is 0.0933. The monoisotopic (exact) mass is 417 g/mol. The summed E-state index contributed by atoms with van der Waals surface area (Å²) in [5.74, 6) is -1.54. The van der Waals surface area contributed by atoms with Gasteiger partial charge < -0.3 is 20.3 Å². The van der Waals surface area contributed by atoms with E-state index in [1.165, 1.54) is 18.2 Å². The number of nitrogens with zero attached hydrogens (tertiary/aromatic N) is 1. The van der Waals surface area contributed by atoms with Crippen molar-refractivity contribution in [3.63, 3.8) is 0 Å². The lowest BCUT2D eigenvalue weighted by Crippen LogP contribution is -2.19. The zero-order valence-corrected chi connectivity index (χ0v) is 16.7. The third-order valence-electron chi connectivity index (χ3n) is 5.03. The van der Waals surface area contributed by atoms with Gasteiger partial charge in [0.25, 0.3) is 0 Å². The average molecular weight is 417 g/mol. The van der Waals surface area contributed by atoms with Crippen LogP contribution >= 0.6 is 0 Å². The number of nitrogens with one attached hydrogen (secondary N) is 2. The maximum absolute atomic E-state index is 14.0. The molecule has 31 heavy (non-hydrogen) atoms. The van der Waals surface area contributed by atoms with Gasteiger partial charge in [0.05, 0.1) is 22.5 Å². The molecule has 4 rings (SSSR count). The number of carbonyl (C=O) groups excluding carboxylic acids is 1. The van der Waals surface area contributed by atoms with Crippen LogP contribution in [0.4, 0.5) is 20.6 Å². The summed E-state index contributed by atoms with van der Waals surface area (Å²) in [6.45, 7) is 2.05. The molecule has 0 aliphatic heterocycles. The number of carbonyl (C=O) groups is 2. The number of halogens is 1. The van der Waals surface area contributed by atoms with E-state index in [2.05, 4.69) is 10.6 Å². The van der Waals surface area contributed by atoms with Gasteiger partial charge >= 0.3 is 12.0 Å². The Balaban J connectivity index is 1.71. The van der Waals surface area contributed by atoms with Crippen LogP contribution in [0, 0.1) is 5.82 Å². The molecule has 2 amide bonds. The molecule has 4 aromatic rings. The van der Waals surface area contributed by atoms with E-state index < -0.39 is 17.8 Å². The fourth-order valence-electron chi connectivity index (χ4n) is 3.47. The van der Waals surface area contributed by atoms with Crippen molar-refractivity contribution >= 4 is 34.3 Å². The molecule has 0 radical (unpaired) electrons. The predicted molar refractivity (Wildman–Crippen MR) is 119 cm³/mol. The molecule has 0 aliphatic carbocycles. The van der Waals surface area contributed by atoms with E-state index >= 15 is 0 Å². The standard InChI is InChI=1S/C24H20FN3O3/c1-2-15-7-10-17(11-8-15)26-24(31)27-20-14-28(22-12-9-16(25)13-19(20)22)21-6-4-3-5-18(21)23(29)30/h3-14H,2H2,1H3,(H,29,30)(H2,26,27,31). The average Bonchev–Trinajstić information content (AvgIpc) is 3.11. The molecule has 6 nitrogen and oxygen atoms in total. The maximum atomic E-state index is 14.0. The van der Waals surface area contributed by atoms with Gasteiger partial charge in [0, 0.05) is 17.3 Å². The van der Waals surface area contributed by atoms with Crippen LogP contribution in [0.5, 0.6) is 0 Å². The number of amides is 2. The quantitative estimate of drug-likeness (QED) is 0.391. The first kappa shape index (κ1) is 20.2. The summed E-state index contributed by atoms with van der Waals surface area (Å²) in [4.78, 5) is 24.2. The lowest BCUT2D eigenvalue weighted by atomic mass is 10.1. The Bertz CT molecular complexity index is 1280. The number of carboxylic acid groups (broad SMARTS) is 1. The topological polar surface area (TPSA) is 83.4 Å². The van der Waals surface area contributed by atoms with Crippen molar-refractivity contribution < 1.29 is 19.1 Å². The molecule has 1 heterocycles. The third-order valence-corrected chi connectivity index (χ3v) is 5.03. The highest BCUT2D eigenvalue weighted by atomic mass is 19.1. The van der Waals surface area contributed by atoms with Crippen molar-refractivity contribution in [2.24, 2.45) is 0 Å². The first-order valence-corrected chi connectivity index (χ1v) is 9.76. The summed E-state index contributed by atoms with van der Waals surface area (Å²) in [5, 5.41) is 15.5. The van der Waals surface area contributed by atoms with Gasteiger partial charge in [-0.25, -0.2) is 14.0 Å². The van der Waals surface area contributed by atoms with Gasteiger partial charge in [-0.3, -0.25) is 0 Å². The number of carboxylic acids is 1. The van der Waals surface area contributed by atoms with Crippen LogP contribution in [0.25, 0.3) is 16.6 Å². The normalized spacial score (nSPS) is 10.8. The maximum Gasteiger partial charge on any atom is 0.337 e. The molecule has 0 unspecified atom stereocenters. The molecule has 3 aromatic carbocycles. The number of benzene rings is 3. The van der Waals surface area contributed by atoms with E-state index in [1.807, 2.05) is 31.2 Å². The summed E-state index contributed by atoms with van der Waals surface area (Å²) in [6.07, 6.45) is 2.49. The minimum atomic E-state index is -1.08. The molecule has 0 spiro atoms. The molecule has 156 valence electrons. The van der Waals surface area contributed by atoms with Gasteiger partial charge in [-0.2, -0.15) is 0 Å². The molecule has 0 atom stereocenters. The molecule has 0 saturated heterocycles. The second kappa shape index (κ2) is 8.31. The van der Waals surface area contributed by atoms with Gasteiger partial charge in [-0.05, 0) is 54.4 Å². The Morgan fingerprint density at radius 1 is 1.00 bits per heavy atom. The fourth-order valence-corrected chi connectivity index (χ4v) is 3.47. The van der Waals surface area contributed by atoms with Crippen LogP contribution in [0.2, 0.25) is 0 Å². The number of aromatic nitrogens is 1. The van der Waals surface area contributed by atoms with Crippen LogP contribution in [-0.4, -0.2) is 21.7 Å². The van der Waals surface area contributed by atoms with Crippen LogP contribution < -0.4 is 10.6 Å². The van der Waals surface area contributed by atoms with Gasteiger partial charge in [0.15, 0.2) is 0 Å². The number of aromatic carboxylic acids is 1. The van der Waals surface area contributed by atoms with E-state index in [1.54, 1.807) is 35.0 Å². The van der Waals surface area contributed by atoms with Crippen LogP contribution in [0.15, 0.2) is 72.9 Å². The van der Waals surface area contributed by atoms with E-state index in [9.17, 15) is 19.1 Å². The highest BCUT2D eigenvalue weighted by molar-refractivity contribution is 6.07. The SMILES string of the molecule is CCc1ccc(NC(=O)Nc2cn(-c3ccccc3C(=O)O)c3ccc(F)cc23)cc1. The Labute approximate surface area is 177 Å². The number of para-hydroxylation sites is 1. The fraction of sp³-hybridized carbons (Fsp3) is 0.0833. The largest absolute Gasteiger partial charge is 0.478 e. The lowest BCUT2D eigenvalue weighted by molar-refractivity contribution is 0.0697. The zero-order chi connectivity index (χ0) is 22.0. The first-order valence-electron chi connectivity index (χ1n) is 9.76. The second-order valence-electron chi connectivity index (χ2n) is 7.03. The zero-order valence-electron chi connectivity index (χ0n) is 16.7. The molecule has 0 aliphatic rings. The molecular weight excluding hydrogens is 397 g/mol. The number of rotatable bonds is 5. The molecule has 1 aromatic heterocycles. The summed E-state index contributed by atoms with van der Waals surface area (Å²) in [6, 6.07) is 17.6. The number of fused-ring (bicyclic) bond motifs is 1. The Hall–Kier alpha value is -4.13. The number of hydrogen-bond acceptors (Lipinski definition) is 2. The summed E-state index contributed by atoms with van der Waals surface area (Å²) in [7, 11) is 0. The minimum Gasteiger partial charge on any atom is -0.478 e. The molecule has 0 fully saturated rings. The van der Waals surface area contributed by atoms with Crippen molar-refractivity contribution in [1.82, 2.24) is 4.57 Å². The third kappa shape index (κ3) is 4.11. The number of aryl methyl sites for hydroxylation is 1. The van der Waals surface area contributed by atoms with Crippen LogP contribution in [0.3, 0.4) is 0 Å². The number of hydrogen-bond donors (Lipinski definition) is 3. The van der Waals surface area contributed by atoms with Gasteiger partial charge in [-0.1, -0.05) is 31.2 Å². The summed E-state index contributed by atoms with van der Waals surface area (Å²) in [5.41, 5.74) is 3.21. The first-order chi connectivity index (χ1) is 15.0. The summed E-state index contributed by atoms with van der Waals surface area (Å²) >= 11 is 0. The van der Waals surface area contributed by atoms with Crippen LogP contribution in [0.1, 0.15) is 22.8 Å². The van der Waals surface area contributed by atoms with E-state index in [0.717, 1.165) is 12.0 Å². The smallest absolute Gasteiger partial charge is 0.337 e. The molecule has 7 heteroatoms. The van der Waals surface area contributed by atoms with E-state index in [4.69, 9.17) is 0 Å².